The zero-order valence-corrected chi connectivity index (χ0v) is 14.8. The van der Waals surface area contributed by atoms with Crippen molar-refractivity contribution in [1.29, 1.82) is 0 Å². The third-order valence-electron chi connectivity index (χ3n) is 4.92. The van der Waals surface area contributed by atoms with Gasteiger partial charge in [-0.1, -0.05) is 12.8 Å². The quantitative estimate of drug-likeness (QED) is 0.802. The van der Waals surface area contributed by atoms with Crippen LogP contribution in [-0.2, 0) is 4.74 Å². The Hall–Kier alpha value is -2.15. The number of amides is 1. The van der Waals surface area contributed by atoms with Crippen molar-refractivity contribution in [3.05, 3.63) is 28.0 Å². The molecule has 0 unspecified atom stereocenters. The maximum atomic E-state index is 12.6. The second-order valence-electron chi connectivity index (χ2n) is 6.53. The van der Waals surface area contributed by atoms with Gasteiger partial charge >= 0.3 is 0 Å². The molecule has 2 N–H and O–H groups in total. The highest BCUT2D eigenvalue weighted by Gasteiger charge is 2.26. The van der Waals surface area contributed by atoms with Crippen LogP contribution in [-0.4, -0.2) is 35.1 Å². The molecule has 1 saturated carbocycles. The molecular weight excluding hydrogens is 322 g/mol. The molecule has 2 aromatic heterocycles. The molecule has 7 heteroatoms. The molecule has 25 heavy (non-hydrogen) atoms. The smallest absolute Gasteiger partial charge is 0.262 e. The van der Waals surface area contributed by atoms with Gasteiger partial charge in [0.05, 0.1) is 18.0 Å². The van der Waals surface area contributed by atoms with E-state index in [0.29, 0.717) is 24.8 Å². The lowest BCUT2D eigenvalue weighted by Gasteiger charge is -2.23. The predicted octanol–water partition coefficient (Wildman–Crippen LogP) is 2.54. The maximum absolute atomic E-state index is 12.6. The average molecular weight is 347 g/mol. The van der Waals surface area contributed by atoms with Gasteiger partial charge < -0.3 is 19.5 Å². The monoisotopic (exact) mass is 347 g/mol. The standard InChI is InChI=1S/C18H25N3O4/c1-3-24-13(12-6-4-5-7-12)8-9-19-16(22)14-11(2)25-18-15(14)17(23)20-10-21-18/h10,12-13H,3-9H2,1-2H3,(H,19,22)(H,20,21,23)/t13-/m0/s1. The molecule has 1 fully saturated rings. The summed E-state index contributed by atoms with van der Waals surface area (Å²) in [5.74, 6) is 0.672. The van der Waals surface area contributed by atoms with E-state index < -0.39 is 0 Å². The Bertz CT molecular complexity index is 789. The summed E-state index contributed by atoms with van der Waals surface area (Å²) in [7, 11) is 0. The van der Waals surface area contributed by atoms with E-state index in [1.165, 1.54) is 32.0 Å². The molecular formula is C18H25N3O4. The Morgan fingerprint density at radius 1 is 1.48 bits per heavy atom. The highest BCUT2D eigenvalue weighted by molar-refractivity contribution is 6.06. The molecule has 0 saturated heterocycles. The van der Waals surface area contributed by atoms with E-state index in [1.807, 2.05) is 6.92 Å². The van der Waals surface area contributed by atoms with Gasteiger partial charge in [0.15, 0.2) is 0 Å². The number of hydrogen-bond donors (Lipinski definition) is 2. The lowest BCUT2D eigenvalue weighted by Crippen LogP contribution is -2.31. The topological polar surface area (TPSA) is 97.2 Å². The fourth-order valence-corrected chi connectivity index (χ4v) is 3.74. The summed E-state index contributed by atoms with van der Waals surface area (Å²) < 4.78 is 11.3. The Morgan fingerprint density at radius 3 is 2.96 bits per heavy atom. The van der Waals surface area contributed by atoms with Crippen molar-refractivity contribution in [3.8, 4) is 0 Å². The molecule has 1 aliphatic rings. The minimum atomic E-state index is -0.370. The van der Waals surface area contributed by atoms with Gasteiger partial charge in [0, 0.05) is 13.2 Å². The number of ether oxygens (including phenoxy) is 1. The first kappa shape index (κ1) is 17.7. The summed E-state index contributed by atoms with van der Waals surface area (Å²) in [4.78, 5) is 31.0. The number of aromatic nitrogens is 2. The van der Waals surface area contributed by atoms with Crippen molar-refractivity contribution in [2.75, 3.05) is 13.2 Å². The minimum Gasteiger partial charge on any atom is -0.442 e. The first-order chi connectivity index (χ1) is 12.1. The van der Waals surface area contributed by atoms with Crippen molar-refractivity contribution in [2.24, 2.45) is 5.92 Å². The van der Waals surface area contributed by atoms with Crippen LogP contribution in [0, 0.1) is 12.8 Å². The largest absolute Gasteiger partial charge is 0.442 e. The highest BCUT2D eigenvalue weighted by Crippen LogP contribution is 2.30. The van der Waals surface area contributed by atoms with Crippen LogP contribution < -0.4 is 10.9 Å². The van der Waals surface area contributed by atoms with Crippen LogP contribution in [0.5, 0.6) is 0 Å². The van der Waals surface area contributed by atoms with Crippen molar-refractivity contribution in [2.45, 2.75) is 52.1 Å². The third-order valence-corrected chi connectivity index (χ3v) is 4.92. The molecule has 0 bridgehead atoms. The number of rotatable bonds is 7. The summed E-state index contributed by atoms with van der Waals surface area (Å²) in [5.41, 5.74) is 0.0767. The fourth-order valence-electron chi connectivity index (χ4n) is 3.74. The van der Waals surface area contributed by atoms with Crippen LogP contribution in [0.1, 0.15) is 55.1 Å². The number of aromatic amines is 1. The maximum Gasteiger partial charge on any atom is 0.262 e. The average Bonchev–Trinajstić information content (AvgIpc) is 3.21. The summed E-state index contributed by atoms with van der Waals surface area (Å²) in [5, 5.41) is 3.10. The number of carbonyl (C=O) groups is 1. The van der Waals surface area contributed by atoms with Crippen LogP contribution in [0.4, 0.5) is 0 Å². The number of aryl methyl sites for hydroxylation is 1. The summed E-state index contributed by atoms with van der Waals surface area (Å²) in [6.45, 7) is 4.85. The van der Waals surface area contributed by atoms with Crippen LogP contribution in [0.3, 0.4) is 0 Å². The number of furan rings is 1. The molecule has 0 radical (unpaired) electrons. The zero-order chi connectivity index (χ0) is 17.8. The molecule has 136 valence electrons. The Labute approximate surface area is 146 Å². The second-order valence-corrected chi connectivity index (χ2v) is 6.53. The second kappa shape index (κ2) is 7.82. The SMILES string of the molecule is CCO[C@@H](CCNC(=O)c1c(C)oc2nc[nH]c(=O)c12)C1CCCC1. The molecule has 3 rings (SSSR count). The molecule has 1 atom stereocenters. The Morgan fingerprint density at radius 2 is 2.24 bits per heavy atom. The molecule has 0 spiro atoms. The number of hydrogen-bond acceptors (Lipinski definition) is 5. The molecule has 1 aliphatic carbocycles. The van der Waals surface area contributed by atoms with Crippen molar-refractivity contribution >= 4 is 17.0 Å². The van der Waals surface area contributed by atoms with Gasteiger partial charge in [0.2, 0.25) is 5.71 Å². The van der Waals surface area contributed by atoms with Crippen LogP contribution in [0.15, 0.2) is 15.5 Å². The molecule has 2 aromatic rings. The van der Waals surface area contributed by atoms with Gasteiger partial charge in [0.25, 0.3) is 11.5 Å². The van der Waals surface area contributed by atoms with E-state index in [9.17, 15) is 9.59 Å². The molecule has 0 aromatic carbocycles. The van der Waals surface area contributed by atoms with Gasteiger partial charge in [0.1, 0.15) is 11.1 Å². The van der Waals surface area contributed by atoms with Crippen LogP contribution in [0.2, 0.25) is 0 Å². The first-order valence-corrected chi connectivity index (χ1v) is 8.98. The Kier molecular flexibility index (Phi) is 5.53. The van der Waals surface area contributed by atoms with Gasteiger partial charge in [-0.3, -0.25) is 9.59 Å². The molecule has 7 nitrogen and oxygen atoms in total. The number of nitrogens with one attached hydrogen (secondary N) is 2. The number of nitrogens with zero attached hydrogens (tertiary/aromatic N) is 1. The lowest BCUT2D eigenvalue weighted by molar-refractivity contribution is 0.0163. The molecule has 0 aliphatic heterocycles. The van der Waals surface area contributed by atoms with E-state index in [4.69, 9.17) is 9.15 Å². The predicted molar refractivity (Wildman–Crippen MR) is 93.7 cm³/mol. The fraction of sp³-hybridized carbons (Fsp3) is 0.611. The number of carbonyl (C=O) groups excluding carboxylic acids is 1. The van der Waals surface area contributed by atoms with Gasteiger partial charge in [-0.05, 0) is 39.0 Å². The number of fused-ring (bicyclic) bond motifs is 1. The first-order valence-electron chi connectivity index (χ1n) is 8.98. The van der Waals surface area contributed by atoms with E-state index in [2.05, 4.69) is 15.3 Å². The minimum absolute atomic E-state index is 0.181. The molecule has 2 heterocycles. The molecule has 1 amide bonds. The van der Waals surface area contributed by atoms with Crippen molar-refractivity contribution in [3.63, 3.8) is 0 Å². The van der Waals surface area contributed by atoms with Gasteiger partial charge in [-0.2, -0.15) is 0 Å². The van der Waals surface area contributed by atoms with Gasteiger partial charge in [-0.15, -0.1) is 0 Å². The highest BCUT2D eigenvalue weighted by atomic mass is 16.5. The number of H-pyrrole nitrogens is 1. The van der Waals surface area contributed by atoms with E-state index in [-0.39, 0.29) is 34.2 Å². The summed E-state index contributed by atoms with van der Waals surface area (Å²) in [6, 6.07) is 0. The van der Waals surface area contributed by atoms with E-state index >= 15 is 0 Å². The van der Waals surface area contributed by atoms with Crippen molar-refractivity contribution < 1.29 is 13.9 Å². The third kappa shape index (κ3) is 3.76. The zero-order valence-electron chi connectivity index (χ0n) is 14.8. The van der Waals surface area contributed by atoms with Crippen molar-refractivity contribution in [1.82, 2.24) is 15.3 Å². The summed E-state index contributed by atoms with van der Waals surface area (Å²) >= 11 is 0. The normalized spacial score (nSPS) is 16.4. The van der Waals surface area contributed by atoms with E-state index in [1.54, 1.807) is 6.92 Å². The van der Waals surface area contributed by atoms with Crippen LogP contribution >= 0.6 is 0 Å². The lowest BCUT2D eigenvalue weighted by atomic mass is 9.98. The summed E-state index contributed by atoms with van der Waals surface area (Å²) in [6.07, 6.45) is 7.14. The van der Waals surface area contributed by atoms with Crippen LogP contribution in [0.25, 0.3) is 11.1 Å². The van der Waals surface area contributed by atoms with Gasteiger partial charge in [-0.25, -0.2) is 4.98 Å². The van der Waals surface area contributed by atoms with E-state index in [0.717, 1.165) is 6.42 Å². The Balaban J connectivity index is 1.66.